The number of aliphatic hydroxyl groups is 1. The monoisotopic (exact) mass is 189 g/mol. The fraction of sp³-hybridized carbons (Fsp3) is 0.400. The van der Waals surface area contributed by atoms with Crippen LogP contribution in [0, 0.1) is 11.3 Å². The molecular formula is C10H11N3O. The standard InChI is InChI=1S/C10H11N3O/c11-6-9-10(2-1-4-12-9)13-5-3-8(14)7-13/h1-2,4,8,14H,3,5,7H2/t8-/m0/s1. The third kappa shape index (κ3) is 1.54. The van der Waals surface area contributed by atoms with Crippen molar-refractivity contribution in [2.75, 3.05) is 18.0 Å². The van der Waals surface area contributed by atoms with Crippen LogP contribution < -0.4 is 4.90 Å². The SMILES string of the molecule is N#Cc1ncccc1N1CC[C@H](O)C1. The fourth-order valence-electron chi connectivity index (χ4n) is 1.70. The molecule has 1 aromatic rings. The summed E-state index contributed by atoms with van der Waals surface area (Å²) in [5.74, 6) is 0. The normalized spacial score (nSPS) is 20.9. The number of β-amino-alcohol motifs (C(OH)–C–C–N with tert-alkyl or cyclic N) is 1. The van der Waals surface area contributed by atoms with Gasteiger partial charge in [0.05, 0.1) is 11.8 Å². The van der Waals surface area contributed by atoms with Crippen molar-refractivity contribution in [1.82, 2.24) is 4.98 Å². The Kier molecular flexibility index (Phi) is 2.33. The molecule has 0 radical (unpaired) electrons. The zero-order chi connectivity index (χ0) is 9.97. The van der Waals surface area contributed by atoms with E-state index in [1.54, 1.807) is 12.3 Å². The van der Waals surface area contributed by atoms with Crippen LogP contribution in [0.4, 0.5) is 5.69 Å². The zero-order valence-corrected chi connectivity index (χ0v) is 7.72. The zero-order valence-electron chi connectivity index (χ0n) is 7.72. The van der Waals surface area contributed by atoms with Crippen molar-refractivity contribution in [3.8, 4) is 6.07 Å². The largest absolute Gasteiger partial charge is 0.391 e. The molecule has 1 saturated heterocycles. The van der Waals surface area contributed by atoms with Crippen LogP contribution in [-0.2, 0) is 0 Å². The van der Waals surface area contributed by atoms with Crippen LogP contribution in [0.1, 0.15) is 12.1 Å². The van der Waals surface area contributed by atoms with Crippen molar-refractivity contribution in [2.45, 2.75) is 12.5 Å². The molecule has 0 saturated carbocycles. The van der Waals surface area contributed by atoms with Gasteiger partial charge >= 0.3 is 0 Å². The lowest BCUT2D eigenvalue weighted by Crippen LogP contribution is -2.22. The maximum absolute atomic E-state index is 9.38. The Hall–Kier alpha value is -1.60. The Labute approximate surface area is 82.4 Å². The molecule has 0 aromatic carbocycles. The Balaban J connectivity index is 2.28. The van der Waals surface area contributed by atoms with Gasteiger partial charge in [0.1, 0.15) is 6.07 Å². The quantitative estimate of drug-likeness (QED) is 0.699. The van der Waals surface area contributed by atoms with E-state index in [4.69, 9.17) is 5.26 Å². The van der Waals surface area contributed by atoms with Gasteiger partial charge in [-0.1, -0.05) is 0 Å². The number of anilines is 1. The van der Waals surface area contributed by atoms with Crippen molar-refractivity contribution < 1.29 is 5.11 Å². The molecule has 72 valence electrons. The molecule has 0 bridgehead atoms. The second-order valence-electron chi connectivity index (χ2n) is 3.37. The number of rotatable bonds is 1. The van der Waals surface area contributed by atoms with E-state index < -0.39 is 0 Å². The van der Waals surface area contributed by atoms with Gasteiger partial charge in [0.25, 0.3) is 0 Å². The predicted octanol–water partition coefficient (Wildman–Crippen LogP) is 0.524. The van der Waals surface area contributed by atoms with Crippen molar-refractivity contribution in [1.29, 1.82) is 5.26 Å². The van der Waals surface area contributed by atoms with Crippen LogP contribution >= 0.6 is 0 Å². The minimum Gasteiger partial charge on any atom is -0.391 e. The summed E-state index contributed by atoms with van der Waals surface area (Å²) in [6.07, 6.45) is 2.09. The van der Waals surface area contributed by atoms with Crippen molar-refractivity contribution >= 4 is 5.69 Å². The lowest BCUT2D eigenvalue weighted by Gasteiger charge is -2.17. The first-order valence-electron chi connectivity index (χ1n) is 4.59. The summed E-state index contributed by atoms with van der Waals surface area (Å²) in [6.45, 7) is 1.39. The molecule has 1 aliphatic rings. The van der Waals surface area contributed by atoms with E-state index in [2.05, 4.69) is 11.1 Å². The van der Waals surface area contributed by atoms with Gasteiger partial charge in [-0.05, 0) is 18.6 Å². The number of hydrogen-bond acceptors (Lipinski definition) is 4. The minimum absolute atomic E-state index is 0.276. The van der Waals surface area contributed by atoms with Crippen LogP contribution in [0.25, 0.3) is 0 Å². The van der Waals surface area contributed by atoms with Crippen LogP contribution in [-0.4, -0.2) is 29.3 Å². The van der Waals surface area contributed by atoms with Crippen LogP contribution in [0.5, 0.6) is 0 Å². The fourth-order valence-corrected chi connectivity index (χ4v) is 1.70. The van der Waals surface area contributed by atoms with Gasteiger partial charge in [-0.2, -0.15) is 5.26 Å². The first kappa shape index (κ1) is 8.97. The van der Waals surface area contributed by atoms with Crippen molar-refractivity contribution in [3.63, 3.8) is 0 Å². The highest BCUT2D eigenvalue weighted by atomic mass is 16.3. The molecule has 0 aliphatic carbocycles. The highest BCUT2D eigenvalue weighted by molar-refractivity contribution is 5.56. The van der Waals surface area contributed by atoms with E-state index in [9.17, 15) is 5.11 Å². The summed E-state index contributed by atoms with van der Waals surface area (Å²) in [5.41, 5.74) is 1.26. The summed E-state index contributed by atoms with van der Waals surface area (Å²) in [7, 11) is 0. The lowest BCUT2D eigenvalue weighted by atomic mass is 10.3. The number of aliphatic hydroxyl groups excluding tert-OH is 1. The number of hydrogen-bond donors (Lipinski definition) is 1. The average Bonchev–Trinajstić information content (AvgIpc) is 2.65. The molecule has 2 rings (SSSR count). The molecule has 1 fully saturated rings. The highest BCUT2D eigenvalue weighted by Gasteiger charge is 2.22. The summed E-state index contributed by atoms with van der Waals surface area (Å²) < 4.78 is 0. The molecule has 2 heterocycles. The third-order valence-corrected chi connectivity index (χ3v) is 2.40. The van der Waals surface area contributed by atoms with Gasteiger partial charge in [-0.15, -0.1) is 0 Å². The van der Waals surface area contributed by atoms with E-state index in [1.807, 2.05) is 11.0 Å². The first-order chi connectivity index (χ1) is 6.81. The van der Waals surface area contributed by atoms with Crippen LogP contribution in [0.3, 0.4) is 0 Å². The number of aromatic nitrogens is 1. The second-order valence-corrected chi connectivity index (χ2v) is 3.37. The van der Waals surface area contributed by atoms with Gasteiger partial charge in [0, 0.05) is 19.3 Å². The van der Waals surface area contributed by atoms with Gasteiger partial charge < -0.3 is 10.0 Å². The molecule has 1 N–H and O–H groups in total. The molecule has 14 heavy (non-hydrogen) atoms. The summed E-state index contributed by atoms with van der Waals surface area (Å²) >= 11 is 0. The van der Waals surface area contributed by atoms with Gasteiger partial charge in [0.2, 0.25) is 0 Å². The predicted molar refractivity (Wildman–Crippen MR) is 51.8 cm³/mol. The van der Waals surface area contributed by atoms with Crippen molar-refractivity contribution in [3.05, 3.63) is 24.0 Å². The van der Waals surface area contributed by atoms with E-state index in [0.717, 1.165) is 18.7 Å². The number of pyridine rings is 1. The lowest BCUT2D eigenvalue weighted by molar-refractivity contribution is 0.198. The number of nitriles is 1. The van der Waals surface area contributed by atoms with Crippen LogP contribution in [0.2, 0.25) is 0 Å². The second kappa shape index (κ2) is 3.64. The number of nitrogens with zero attached hydrogens (tertiary/aromatic N) is 3. The molecule has 0 unspecified atom stereocenters. The molecule has 4 nitrogen and oxygen atoms in total. The molecule has 4 heteroatoms. The summed E-state index contributed by atoms with van der Waals surface area (Å²) in [5, 5.41) is 18.2. The third-order valence-electron chi connectivity index (χ3n) is 2.40. The highest BCUT2D eigenvalue weighted by Crippen LogP contribution is 2.22. The van der Waals surface area contributed by atoms with Crippen molar-refractivity contribution in [2.24, 2.45) is 0 Å². The summed E-state index contributed by atoms with van der Waals surface area (Å²) in [6, 6.07) is 5.72. The minimum atomic E-state index is -0.276. The summed E-state index contributed by atoms with van der Waals surface area (Å²) in [4.78, 5) is 5.98. The van der Waals surface area contributed by atoms with Gasteiger partial charge in [-0.3, -0.25) is 0 Å². The van der Waals surface area contributed by atoms with E-state index in [-0.39, 0.29) is 6.10 Å². The molecule has 1 atom stereocenters. The Bertz CT molecular complexity index is 372. The smallest absolute Gasteiger partial charge is 0.163 e. The van der Waals surface area contributed by atoms with Crippen LogP contribution in [0.15, 0.2) is 18.3 Å². The molecule has 1 aromatic heterocycles. The topological polar surface area (TPSA) is 60.2 Å². The molecule has 0 amide bonds. The van der Waals surface area contributed by atoms with E-state index in [0.29, 0.717) is 12.2 Å². The Morgan fingerprint density at radius 2 is 2.50 bits per heavy atom. The van der Waals surface area contributed by atoms with E-state index in [1.165, 1.54) is 0 Å². The Morgan fingerprint density at radius 1 is 1.64 bits per heavy atom. The van der Waals surface area contributed by atoms with E-state index >= 15 is 0 Å². The first-order valence-corrected chi connectivity index (χ1v) is 4.59. The van der Waals surface area contributed by atoms with Gasteiger partial charge in [-0.25, -0.2) is 4.98 Å². The molecular weight excluding hydrogens is 178 g/mol. The molecule has 1 aliphatic heterocycles. The maximum atomic E-state index is 9.38. The molecule has 0 spiro atoms. The van der Waals surface area contributed by atoms with Gasteiger partial charge in [0.15, 0.2) is 5.69 Å². The average molecular weight is 189 g/mol. The maximum Gasteiger partial charge on any atom is 0.163 e. The Morgan fingerprint density at radius 3 is 3.14 bits per heavy atom.